The summed E-state index contributed by atoms with van der Waals surface area (Å²) in [5.41, 5.74) is 7.42. The van der Waals surface area contributed by atoms with Crippen LogP contribution in [0.4, 0.5) is 0 Å². The summed E-state index contributed by atoms with van der Waals surface area (Å²) in [6.45, 7) is 3.40. The molecule has 3 rings (SSSR count). The molecule has 2 aromatic rings. The Labute approximate surface area is 123 Å². The van der Waals surface area contributed by atoms with Gasteiger partial charge in [0.15, 0.2) is 11.5 Å². The molecule has 1 aromatic carbocycles. The number of aryl methyl sites for hydroxylation is 1. The van der Waals surface area contributed by atoms with Crippen molar-refractivity contribution in [1.82, 2.24) is 0 Å². The minimum atomic E-state index is -0.00539. The van der Waals surface area contributed by atoms with Crippen molar-refractivity contribution < 1.29 is 9.47 Å². The van der Waals surface area contributed by atoms with Crippen LogP contribution in [0.1, 0.15) is 28.3 Å². The van der Waals surface area contributed by atoms with Gasteiger partial charge in [-0.1, -0.05) is 13.0 Å². The van der Waals surface area contributed by atoms with Gasteiger partial charge in [-0.25, -0.2) is 0 Å². The first-order valence-corrected chi connectivity index (χ1v) is 7.80. The van der Waals surface area contributed by atoms with E-state index in [4.69, 9.17) is 15.2 Å². The molecular weight excluding hydrogens is 270 g/mol. The number of nitrogens with two attached hydrogens (primary N) is 1. The average molecular weight is 289 g/mol. The zero-order chi connectivity index (χ0) is 13.9. The van der Waals surface area contributed by atoms with E-state index in [0.717, 1.165) is 29.9 Å². The van der Waals surface area contributed by atoms with Crippen LogP contribution in [0.15, 0.2) is 30.3 Å². The molecule has 0 spiro atoms. The molecular formula is C16H19NO2S. The molecule has 0 saturated heterocycles. The monoisotopic (exact) mass is 289 g/mol. The predicted octanol–water partition coefficient (Wildman–Crippen LogP) is 3.32. The lowest BCUT2D eigenvalue weighted by molar-refractivity contribution is 0.171. The molecule has 0 saturated carbocycles. The van der Waals surface area contributed by atoms with Crippen molar-refractivity contribution in [2.75, 3.05) is 13.2 Å². The molecule has 1 atom stereocenters. The van der Waals surface area contributed by atoms with E-state index >= 15 is 0 Å². The number of rotatable bonds is 4. The van der Waals surface area contributed by atoms with E-state index in [-0.39, 0.29) is 6.04 Å². The molecule has 0 radical (unpaired) electrons. The Bertz CT molecular complexity index is 594. The lowest BCUT2D eigenvalue weighted by atomic mass is 10.0. The number of hydrogen-bond donors (Lipinski definition) is 1. The highest BCUT2D eigenvalue weighted by Crippen LogP contribution is 2.33. The maximum atomic E-state index is 6.32. The van der Waals surface area contributed by atoms with Crippen LogP contribution in [-0.4, -0.2) is 13.2 Å². The van der Waals surface area contributed by atoms with Crippen LogP contribution < -0.4 is 15.2 Å². The van der Waals surface area contributed by atoms with Gasteiger partial charge < -0.3 is 15.2 Å². The summed E-state index contributed by atoms with van der Waals surface area (Å²) >= 11 is 1.85. The molecule has 2 heterocycles. The van der Waals surface area contributed by atoms with Crippen LogP contribution in [0, 0.1) is 0 Å². The Hall–Kier alpha value is -1.52. The van der Waals surface area contributed by atoms with Gasteiger partial charge in [0, 0.05) is 22.2 Å². The second-order valence-corrected chi connectivity index (χ2v) is 6.19. The maximum absolute atomic E-state index is 6.32. The van der Waals surface area contributed by atoms with Crippen molar-refractivity contribution in [2.24, 2.45) is 5.73 Å². The minimum absolute atomic E-state index is 0.00539. The van der Waals surface area contributed by atoms with Gasteiger partial charge in [-0.05, 0) is 36.2 Å². The molecule has 0 aliphatic carbocycles. The first-order valence-electron chi connectivity index (χ1n) is 6.99. The smallest absolute Gasteiger partial charge is 0.161 e. The van der Waals surface area contributed by atoms with E-state index in [0.29, 0.717) is 13.2 Å². The van der Waals surface area contributed by atoms with E-state index in [1.807, 2.05) is 29.5 Å². The van der Waals surface area contributed by atoms with Crippen LogP contribution in [0.3, 0.4) is 0 Å². The van der Waals surface area contributed by atoms with Crippen LogP contribution in [0.25, 0.3) is 0 Å². The number of fused-ring (bicyclic) bond motifs is 1. The fraction of sp³-hybridized carbons (Fsp3) is 0.375. The number of benzene rings is 1. The minimum Gasteiger partial charge on any atom is -0.486 e. The first-order chi connectivity index (χ1) is 9.76. The summed E-state index contributed by atoms with van der Waals surface area (Å²) in [4.78, 5) is 2.75. The quantitative estimate of drug-likeness (QED) is 0.939. The van der Waals surface area contributed by atoms with E-state index in [2.05, 4.69) is 19.1 Å². The second-order valence-electron chi connectivity index (χ2n) is 4.94. The van der Waals surface area contributed by atoms with Crippen molar-refractivity contribution in [3.05, 3.63) is 45.6 Å². The first kappa shape index (κ1) is 13.5. The van der Waals surface area contributed by atoms with Crippen LogP contribution in [0.5, 0.6) is 11.5 Å². The summed E-state index contributed by atoms with van der Waals surface area (Å²) in [5.74, 6) is 1.63. The fourth-order valence-electron chi connectivity index (χ4n) is 2.35. The van der Waals surface area contributed by atoms with Crippen molar-refractivity contribution in [3.8, 4) is 11.5 Å². The van der Waals surface area contributed by atoms with Gasteiger partial charge in [-0.3, -0.25) is 0 Å². The Morgan fingerprint density at radius 2 is 1.85 bits per heavy atom. The highest BCUT2D eigenvalue weighted by Gasteiger charge is 2.15. The maximum Gasteiger partial charge on any atom is 0.161 e. The Balaban J connectivity index is 1.74. The third kappa shape index (κ3) is 2.81. The summed E-state index contributed by atoms with van der Waals surface area (Å²) in [7, 11) is 0. The largest absolute Gasteiger partial charge is 0.486 e. The second kappa shape index (κ2) is 5.85. The standard InChI is InChI=1S/C16H19NO2S/c1-2-12-4-5-13(20-12)10-14(17)11-3-6-15-16(9-11)19-8-7-18-15/h3-6,9,14H,2,7-8,10,17H2,1H3. The van der Waals surface area contributed by atoms with Crippen molar-refractivity contribution in [3.63, 3.8) is 0 Å². The average Bonchev–Trinajstić information content (AvgIpc) is 2.94. The molecule has 1 aliphatic heterocycles. The molecule has 0 fully saturated rings. The van der Waals surface area contributed by atoms with E-state index in [1.54, 1.807) is 0 Å². The molecule has 106 valence electrons. The Kier molecular flexibility index (Phi) is 3.94. The van der Waals surface area contributed by atoms with Crippen LogP contribution in [-0.2, 0) is 12.8 Å². The summed E-state index contributed by atoms with van der Waals surface area (Å²) in [6, 6.07) is 10.4. The Morgan fingerprint density at radius 3 is 2.60 bits per heavy atom. The van der Waals surface area contributed by atoms with Gasteiger partial charge in [-0.15, -0.1) is 11.3 Å². The fourth-order valence-corrected chi connectivity index (χ4v) is 3.36. The van der Waals surface area contributed by atoms with Crippen molar-refractivity contribution in [2.45, 2.75) is 25.8 Å². The summed E-state index contributed by atoms with van der Waals surface area (Å²) < 4.78 is 11.1. The number of hydrogen-bond acceptors (Lipinski definition) is 4. The third-order valence-electron chi connectivity index (χ3n) is 3.48. The highest BCUT2D eigenvalue weighted by molar-refractivity contribution is 7.11. The molecule has 0 bridgehead atoms. The molecule has 1 aromatic heterocycles. The van der Waals surface area contributed by atoms with Crippen molar-refractivity contribution in [1.29, 1.82) is 0 Å². The van der Waals surface area contributed by atoms with E-state index in [1.165, 1.54) is 9.75 Å². The zero-order valence-electron chi connectivity index (χ0n) is 11.6. The SMILES string of the molecule is CCc1ccc(CC(N)c2ccc3c(c2)OCCO3)s1. The van der Waals surface area contributed by atoms with Gasteiger partial charge in [0.1, 0.15) is 13.2 Å². The van der Waals surface area contributed by atoms with Crippen LogP contribution >= 0.6 is 11.3 Å². The normalized spacial score (nSPS) is 15.1. The summed E-state index contributed by atoms with van der Waals surface area (Å²) in [6.07, 6.45) is 1.95. The van der Waals surface area contributed by atoms with Gasteiger partial charge >= 0.3 is 0 Å². The van der Waals surface area contributed by atoms with Crippen molar-refractivity contribution >= 4 is 11.3 Å². The van der Waals surface area contributed by atoms with Crippen LogP contribution in [0.2, 0.25) is 0 Å². The number of thiophene rings is 1. The van der Waals surface area contributed by atoms with E-state index in [9.17, 15) is 0 Å². The van der Waals surface area contributed by atoms with Gasteiger partial charge in [0.2, 0.25) is 0 Å². The highest BCUT2D eigenvalue weighted by atomic mass is 32.1. The topological polar surface area (TPSA) is 44.5 Å². The predicted molar refractivity (Wildman–Crippen MR) is 81.8 cm³/mol. The van der Waals surface area contributed by atoms with E-state index < -0.39 is 0 Å². The van der Waals surface area contributed by atoms with Gasteiger partial charge in [0.25, 0.3) is 0 Å². The summed E-state index contributed by atoms with van der Waals surface area (Å²) in [5, 5.41) is 0. The number of ether oxygens (including phenoxy) is 2. The molecule has 3 nitrogen and oxygen atoms in total. The molecule has 1 unspecified atom stereocenters. The van der Waals surface area contributed by atoms with Gasteiger partial charge in [0.05, 0.1) is 0 Å². The van der Waals surface area contributed by atoms with Gasteiger partial charge in [-0.2, -0.15) is 0 Å². The Morgan fingerprint density at radius 1 is 1.10 bits per heavy atom. The molecule has 1 aliphatic rings. The third-order valence-corrected chi connectivity index (χ3v) is 4.73. The zero-order valence-corrected chi connectivity index (χ0v) is 12.4. The lowest BCUT2D eigenvalue weighted by Gasteiger charge is -2.20. The molecule has 2 N–H and O–H groups in total. The molecule has 0 amide bonds. The molecule has 20 heavy (non-hydrogen) atoms. The lowest BCUT2D eigenvalue weighted by Crippen LogP contribution is -2.17. The molecule has 4 heteroatoms.